The van der Waals surface area contributed by atoms with Crippen molar-refractivity contribution in [2.24, 2.45) is 0 Å². The highest BCUT2D eigenvalue weighted by Gasteiger charge is 2.22. The highest BCUT2D eigenvalue weighted by atomic mass is 32.2. The number of likely N-dealkylation sites (tertiary alicyclic amines) is 1. The Morgan fingerprint density at radius 2 is 1.81 bits per heavy atom. The van der Waals surface area contributed by atoms with Gasteiger partial charge in [-0.25, -0.2) is 8.42 Å². The number of nitrogens with zero attached hydrogens (tertiary/aromatic N) is 2. The van der Waals surface area contributed by atoms with E-state index < -0.39 is 10.0 Å². The van der Waals surface area contributed by atoms with Crippen LogP contribution in [-0.4, -0.2) is 59.6 Å². The molecule has 2 aromatic rings. The summed E-state index contributed by atoms with van der Waals surface area (Å²) in [5, 5.41) is 2.94. The monoisotopic (exact) mass is 445 g/mol. The Morgan fingerprint density at radius 1 is 1.10 bits per heavy atom. The molecule has 3 rings (SSSR count). The van der Waals surface area contributed by atoms with Gasteiger partial charge in [-0.05, 0) is 81.4 Å². The van der Waals surface area contributed by atoms with Crippen molar-refractivity contribution < 1.29 is 17.9 Å². The van der Waals surface area contributed by atoms with Gasteiger partial charge in [0, 0.05) is 19.2 Å². The molecule has 0 aliphatic carbocycles. The van der Waals surface area contributed by atoms with Crippen LogP contribution in [0, 0.1) is 0 Å². The third kappa shape index (κ3) is 5.98. The average molecular weight is 446 g/mol. The van der Waals surface area contributed by atoms with E-state index in [2.05, 4.69) is 10.2 Å². The van der Waals surface area contributed by atoms with Crippen molar-refractivity contribution in [2.75, 3.05) is 44.6 Å². The van der Waals surface area contributed by atoms with E-state index in [4.69, 9.17) is 4.74 Å². The lowest BCUT2D eigenvalue weighted by atomic mass is 10.1. The number of anilines is 1. The number of benzene rings is 2. The third-order valence-corrected chi connectivity index (χ3v) is 7.37. The van der Waals surface area contributed by atoms with Crippen molar-refractivity contribution in [3.05, 3.63) is 54.1 Å². The minimum atomic E-state index is -3.75. The first-order valence-corrected chi connectivity index (χ1v) is 12.1. The Bertz CT molecular complexity index is 971. The Morgan fingerprint density at radius 3 is 2.48 bits per heavy atom. The van der Waals surface area contributed by atoms with Crippen molar-refractivity contribution in [1.82, 2.24) is 10.2 Å². The Labute approximate surface area is 185 Å². The maximum absolute atomic E-state index is 13.0. The number of rotatable bonds is 9. The van der Waals surface area contributed by atoms with Gasteiger partial charge in [-0.1, -0.05) is 12.5 Å². The topological polar surface area (TPSA) is 79.0 Å². The summed E-state index contributed by atoms with van der Waals surface area (Å²) >= 11 is 0. The fourth-order valence-corrected chi connectivity index (χ4v) is 4.86. The van der Waals surface area contributed by atoms with E-state index in [0.29, 0.717) is 23.5 Å². The molecule has 31 heavy (non-hydrogen) atoms. The average Bonchev–Trinajstić information content (AvgIpc) is 2.82. The molecule has 1 aliphatic heterocycles. The largest absolute Gasteiger partial charge is 0.497 e. The molecule has 8 heteroatoms. The number of sulfonamides is 1. The predicted molar refractivity (Wildman–Crippen MR) is 122 cm³/mol. The van der Waals surface area contributed by atoms with Crippen LogP contribution in [0.3, 0.4) is 0 Å². The summed E-state index contributed by atoms with van der Waals surface area (Å²) in [6.45, 7) is 3.87. The molecule has 1 heterocycles. The Kier molecular flexibility index (Phi) is 7.92. The van der Waals surface area contributed by atoms with E-state index >= 15 is 0 Å². The number of ether oxygens (including phenoxy) is 1. The van der Waals surface area contributed by atoms with E-state index in [-0.39, 0.29) is 10.8 Å². The molecular formula is C23H31N3O4S. The van der Waals surface area contributed by atoms with E-state index in [0.717, 1.165) is 26.1 Å². The standard InChI is InChI=1S/C23H31N3O4S/c1-25(31(28,29)22-12-10-21(30-2)11-13-22)20-9-6-8-19(18-20)23(27)24-14-7-17-26-15-4-3-5-16-26/h6,8-13,18H,3-5,7,14-17H2,1-2H3,(H,24,27). The van der Waals surface area contributed by atoms with Crippen LogP contribution in [0.25, 0.3) is 0 Å². The molecule has 1 fully saturated rings. The number of hydrogen-bond acceptors (Lipinski definition) is 5. The van der Waals surface area contributed by atoms with Crippen molar-refractivity contribution in [1.29, 1.82) is 0 Å². The maximum atomic E-state index is 13.0. The number of carbonyl (C=O) groups is 1. The van der Waals surface area contributed by atoms with Gasteiger partial charge in [-0.3, -0.25) is 9.10 Å². The smallest absolute Gasteiger partial charge is 0.264 e. The van der Waals surface area contributed by atoms with Crippen molar-refractivity contribution >= 4 is 21.6 Å². The summed E-state index contributed by atoms with van der Waals surface area (Å²) in [5.41, 5.74) is 0.865. The zero-order valence-corrected chi connectivity index (χ0v) is 19.0. The first kappa shape index (κ1) is 23.1. The minimum Gasteiger partial charge on any atom is -0.497 e. The van der Waals surface area contributed by atoms with E-state index in [1.54, 1.807) is 36.4 Å². The summed E-state index contributed by atoms with van der Waals surface area (Å²) in [7, 11) is -0.743. The summed E-state index contributed by atoms with van der Waals surface area (Å²) < 4.78 is 32.2. The molecule has 0 unspecified atom stereocenters. The first-order valence-electron chi connectivity index (χ1n) is 10.7. The van der Waals surface area contributed by atoms with Crippen molar-refractivity contribution in [2.45, 2.75) is 30.6 Å². The van der Waals surface area contributed by atoms with Crippen LogP contribution >= 0.6 is 0 Å². The fourth-order valence-electron chi connectivity index (χ4n) is 3.68. The molecule has 0 bridgehead atoms. The Balaban J connectivity index is 1.60. The lowest BCUT2D eigenvalue weighted by Crippen LogP contribution is -2.33. The molecule has 0 atom stereocenters. The second-order valence-electron chi connectivity index (χ2n) is 7.71. The van der Waals surface area contributed by atoms with Crippen molar-refractivity contribution in [3.8, 4) is 5.75 Å². The molecule has 1 saturated heterocycles. The van der Waals surface area contributed by atoms with Gasteiger partial charge in [0.2, 0.25) is 0 Å². The van der Waals surface area contributed by atoms with Crippen LogP contribution < -0.4 is 14.4 Å². The predicted octanol–water partition coefficient (Wildman–Crippen LogP) is 3.13. The highest BCUT2D eigenvalue weighted by molar-refractivity contribution is 7.92. The maximum Gasteiger partial charge on any atom is 0.264 e. The number of methoxy groups -OCH3 is 1. The summed E-state index contributed by atoms with van der Waals surface area (Å²) in [5.74, 6) is 0.385. The highest BCUT2D eigenvalue weighted by Crippen LogP contribution is 2.24. The molecule has 1 aliphatic rings. The van der Waals surface area contributed by atoms with Gasteiger partial charge in [0.1, 0.15) is 5.75 Å². The molecule has 0 spiro atoms. The third-order valence-electron chi connectivity index (χ3n) is 5.58. The second kappa shape index (κ2) is 10.6. The summed E-state index contributed by atoms with van der Waals surface area (Å²) in [6, 6.07) is 12.9. The molecule has 168 valence electrons. The lowest BCUT2D eigenvalue weighted by Gasteiger charge is -2.26. The molecule has 7 nitrogen and oxygen atoms in total. The number of amides is 1. The van der Waals surface area contributed by atoms with Gasteiger partial charge in [-0.15, -0.1) is 0 Å². The zero-order valence-electron chi connectivity index (χ0n) is 18.2. The summed E-state index contributed by atoms with van der Waals surface area (Å²) in [6.07, 6.45) is 4.72. The Hall–Kier alpha value is -2.58. The fraction of sp³-hybridized carbons (Fsp3) is 0.435. The van der Waals surface area contributed by atoms with Crippen LogP contribution in [0.2, 0.25) is 0 Å². The first-order chi connectivity index (χ1) is 14.9. The molecule has 0 aromatic heterocycles. The molecule has 0 saturated carbocycles. The van der Waals surface area contributed by atoms with Crippen molar-refractivity contribution in [3.63, 3.8) is 0 Å². The lowest BCUT2D eigenvalue weighted by molar-refractivity contribution is 0.0951. The van der Waals surface area contributed by atoms with Gasteiger partial charge >= 0.3 is 0 Å². The van der Waals surface area contributed by atoms with E-state index in [9.17, 15) is 13.2 Å². The van der Waals surface area contributed by atoms with Crippen LogP contribution in [0.4, 0.5) is 5.69 Å². The normalized spacial score (nSPS) is 14.8. The minimum absolute atomic E-state index is 0.156. The van der Waals surface area contributed by atoms with Crippen LogP contribution in [0.15, 0.2) is 53.4 Å². The molecular weight excluding hydrogens is 414 g/mol. The quantitative estimate of drug-likeness (QED) is 0.600. The number of hydrogen-bond donors (Lipinski definition) is 1. The number of carbonyl (C=O) groups excluding carboxylic acids is 1. The van der Waals surface area contributed by atoms with Crippen LogP contribution in [0.1, 0.15) is 36.0 Å². The van der Waals surface area contributed by atoms with Gasteiger partial charge in [-0.2, -0.15) is 0 Å². The number of nitrogens with one attached hydrogen (secondary N) is 1. The molecule has 0 radical (unpaired) electrons. The van der Waals surface area contributed by atoms with Gasteiger partial charge in [0.05, 0.1) is 17.7 Å². The van der Waals surface area contributed by atoms with Crippen LogP contribution in [0.5, 0.6) is 5.75 Å². The van der Waals surface area contributed by atoms with Gasteiger partial charge < -0.3 is 15.0 Å². The van der Waals surface area contributed by atoms with E-state index in [1.807, 2.05) is 0 Å². The summed E-state index contributed by atoms with van der Waals surface area (Å²) in [4.78, 5) is 15.1. The molecule has 1 N–H and O–H groups in total. The second-order valence-corrected chi connectivity index (χ2v) is 9.68. The van der Waals surface area contributed by atoms with Crippen LogP contribution in [-0.2, 0) is 10.0 Å². The molecule has 1 amide bonds. The number of piperidine rings is 1. The zero-order chi connectivity index (χ0) is 22.3. The van der Waals surface area contributed by atoms with Gasteiger partial charge in [0.25, 0.3) is 15.9 Å². The van der Waals surface area contributed by atoms with E-state index in [1.165, 1.54) is 49.9 Å². The molecule has 2 aromatic carbocycles. The SMILES string of the molecule is COc1ccc(S(=O)(=O)N(C)c2cccc(C(=O)NCCCN3CCCCC3)c2)cc1. The van der Waals surface area contributed by atoms with Gasteiger partial charge in [0.15, 0.2) is 0 Å².